The van der Waals surface area contributed by atoms with Gasteiger partial charge in [0.05, 0.1) is 0 Å². The molecule has 0 saturated heterocycles. The lowest BCUT2D eigenvalue weighted by molar-refractivity contribution is -0.126. The van der Waals surface area contributed by atoms with E-state index in [1.54, 1.807) is 0 Å². The van der Waals surface area contributed by atoms with E-state index < -0.39 is 0 Å². The van der Waals surface area contributed by atoms with Crippen molar-refractivity contribution in [2.45, 2.75) is 39.5 Å². The number of hydrogen-bond acceptors (Lipinski definition) is 2. The van der Waals surface area contributed by atoms with Gasteiger partial charge >= 0.3 is 0 Å². The van der Waals surface area contributed by atoms with E-state index in [1.165, 1.54) is 0 Å². The number of aliphatic hydroxyl groups is 1. The third kappa shape index (κ3) is 4.14. The molecule has 0 aromatic carbocycles. The zero-order valence-electron chi connectivity index (χ0n) is 7.47. The van der Waals surface area contributed by atoms with Gasteiger partial charge in [0.15, 0.2) is 5.78 Å². The molecular formula is C9H18O2. The molecule has 0 spiro atoms. The van der Waals surface area contributed by atoms with E-state index in [9.17, 15) is 4.79 Å². The molecule has 0 bridgehead atoms. The van der Waals surface area contributed by atoms with Crippen molar-refractivity contribution in [3.63, 3.8) is 0 Å². The van der Waals surface area contributed by atoms with E-state index in [4.69, 9.17) is 5.11 Å². The third-order valence-electron chi connectivity index (χ3n) is 1.89. The fourth-order valence-corrected chi connectivity index (χ4v) is 1.29. The maximum atomic E-state index is 11.0. The molecule has 2 heteroatoms. The molecule has 2 nitrogen and oxygen atoms in total. The Hall–Kier alpha value is -0.370. The van der Waals surface area contributed by atoms with E-state index in [0.717, 1.165) is 25.7 Å². The summed E-state index contributed by atoms with van der Waals surface area (Å²) in [6.07, 6.45) is 3.90. The molecule has 0 radical (unpaired) electrons. The lowest BCUT2D eigenvalue weighted by atomic mass is 9.94. The smallest absolute Gasteiger partial charge is 0.161 e. The van der Waals surface area contributed by atoms with Gasteiger partial charge in [0.25, 0.3) is 0 Å². The average molecular weight is 158 g/mol. The zero-order chi connectivity index (χ0) is 8.69. The summed E-state index contributed by atoms with van der Waals surface area (Å²) in [5.74, 6) is 0.115. The summed E-state index contributed by atoms with van der Waals surface area (Å²) in [4.78, 5) is 11.0. The van der Waals surface area contributed by atoms with Crippen LogP contribution in [0.5, 0.6) is 0 Å². The van der Waals surface area contributed by atoms with Gasteiger partial charge in [-0.05, 0) is 12.8 Å². The topological polar surface area (TPSA) is 37.3 Å². The lowest BCUT2D eigenvalue weighted by Crippen LogP contribution is -2.17. The first kappa shape index (κ1) is 10.6. The van der Waals surface area contributed by atoms with Gasteiger partial charge in [-0.2, -0.15) is 0 Å². The predicted octanol–water partition coefficient (Wildman–Crippen LogP) is 1.76. The summed E-state index contributed by atoms with van der Waals surface area (Å²) >= 11 is 0. The molecule has 0 aromatic heterocycles. The Morgan fingerprint density at radius 2 is 1.73 bits per heavy atom. The quantitative estimate of drug-likeness (QED) is 0.639. The lowest BCUT2D eigenvalue weighted by Gasteiger charge is -2.11. The second-order valence-corrected chi connectivity index (χ2v) is 2.90. The van der Waals surface area contributed by atoms with E-state index in [-0.39, 0.29) is 18.3 Å². The van der Waals surface area contributed by atoms with Crippen LogP contribution in [-0.4, -0.2) is 17.5 Å². The number of hydrogen-bond donors (Lipinski definition) is 1. The van der Waals surface area contributed by atoms with E-state index in [2.05, 4.69) is 13.8 Å². The highest BCUT2D eigenvalue weighted by Crippen LogP contribution is 2.13. The molecule has 0 aliphatic rings. The number of carbonyl (C=O) groups is 1. The van der Waals surface area contributed by atoms with Crippen LogP contribution in [0.1, 0.15) is 39.5 Å². The normalized spacial score (nSPS) is 10.5. The van der Waals surface area contributed by atoms with Crippen LogP contribution >= 0.6 is 0 Å². The first-order valence-electron chi connectivity index (χ1n) is 4.39. The first-order valence-corrected chi connectivity index (χ1v) is 4.39. The summed E-state index contributed by atoms with van der Waals surface area (Å²) in [5.41, 5.74) is 0. The number of aliphatic hydroxyl groups excluding tert-OH is 1. The Balaban J connectivity index is 3.76. The molecule has 66 valence electrons. The number of carbonyl (C=O) groups excluding carboxylic acids is 1. The highest BCUT2D eigenvalue weighted by Gasteiger charge is 2.14. The molecule has 0 atom stereocenters. The van der Waals surface area contributed by atoms with Gasteiger partial charge in [0, 0.05) is 5.92 Å². The van der Waals surface area contributed by atoms with Crippen LogP contribution in [0.2, 0.25) is 0 Å². The van der Waals surface area contributed by atoms with E-state index in [1.807, 2.05) is 0 Å². The van der Waals surface area contributed by atoms with Crippen LogP contribution in [0.25, 0.3) is 0 Å². The second-order valence-electron chi connectivity index (χ2n) is 2.90. The van der Waals surface area contributed by atoms with Crippen molar-refractivity contribution in [1.29, 1.82) is 0 Å². The minimum absolute atomic E-state index is 0.00806. The fourth-order valence-electron chi connectivity index (χ4n) is 1.29. The van der Waals surface area contributed by atoms with E-state index >= 15 is 0 Å². The molecular weight excluding hydrogens is 140 g/mol. The summed E-state index contributed by atoms with van der Waals surface area (Å²) in [6.45, 7) is 3.84. The summed E-state index contributed by atoms with van der Waals surface area (Å²) < 4.78 is 0. The van der Waals surface area contributed by atoms with Gasteiger partial charge in [0.1, 0.15) is 6.61 Å². The highest BCUT2D eigenvalue weighted by molar-refractivity contribution is 5.81. The molecule has 11 heavy (non-hydrogen) atoms. The highest BCUT2D eigenvalue weighted by atomic mass is 16.3. The minimum atomic E-state index is -0.287. The Morgan fingerprint density at radius 1 is 1.27 bits per heavy atom. The van der Waals surface area contributed by atoms with Crippen molar-refractivity contribution in [3.8, 4) is 0 Å². The van der Waals surface area contributed by atoms with Gasteiger partial charge < -0.3 is 5.11 Å². The predicted molar refractivity (Wildman–Crippen MR) is 45.4 cm³/mol. The van der Waals surface area contributed by atoms with Gasteiger partial charge in [-0.15, -0.1) is 0 Å². The van der Waals surface area contributed by atoms with Gasteiger partial charge in [-0.1, -0.05) is 26.7 Å². The Kier molecular flexibility index (Phi) is 6.13. The van der Waals surface area contributed by atoms with E-state index in [0.29, 0.717) is 0 Å². The molecule has 0 heterocycles. The van der Waals surface area contributed by atoms with Gasteiger partial charge in [-0.3, -0.25) is 4.79 Å². The van der Waals surface area contributed by atoms with Crippen LogP contribution in [0.3, 0.4) is 0 Å². The van der Waals surface area contributed by atoms with Crippen LogP contribution < -0.4 is 0 Å². The molecule has 0 fully saturated rings. The Labute approximate surface area is 68.6 Å². The van der Waals surface area contributed by atoms with Crippen molar-refractivity contribution in [3.05, 3.63) is 0 Å². The zero-order valence-corrected chi connectivity index (χ0v) is 7.47. The number of Topliss-reactive ketones (excluding diaryl/α,β-unsaturated/α-hetero) is 1. The molecule has 0 saturated carbocycles. The maximum absolute atomic E-state index is 11.0. The maximum Gasteiger partial charge on any atom is 0.161 e. The van der Waals surface area contributed by atoms with Crippen molar-refractivity contribution in [2.75, 3.05) is 6.61 Å². The summed E-state index contributed by atoms with van der Waals surface area (Å²) in [7, 11) is 0. The number of ketones is 1. The van der Waals surface area contributed by atoms with Crippen LogP contribution in [-0.2, 0) is 4.79 Å². The molecule has 0 aliphatic heterocycles. The van der Waals surface area contributed by atoms with Crippen molar-refractivity contribution in [1.82, 2.24) is 0 Å². The van der Waals surface area contributed by atoms with Crippen molar-refractivity contribution < 1.29 is 9.90 Å². The SMILES string of the molecule is CCCC(CCC)C(=O)CO. The van der Waals surface area contributed by atoms with Gasteiger partial charge in [0.2, 0.25) is 0 Å². The number of rotatable bonds is 6. The molecule has 0 rings (SSSR count). The van der Waals surface area contributed by atoms with Gasteiger partial charge in [-0.25, -0.2) is 0 Å². The van der Waals surface area contributed by atoms with Crippen molar-refractivity contribution in [2.24, 2.45) is 5.92 Å². The largest absolute Gasteiger partial charge is 0.389 e. The average Bonchev–Trinajstić information content (AvgIpc) is 2.03. The molecule has 0 aromatic rings. The van der Waals surface area contributed by atoms with Crippen LogP contribution in [0, 0.1) is 5.92 Å². The molecule has 0 amide bonds. The Bertz CT molecular complexity index is 104. The third-order valence-corrected chi connectivity index (χ3v) is 1.89. The first-order chi connectivity index (χ1) is 5.26. The summed E-state index contributed by atoms with van der Waals surface area (Å²) in [6, 6.07) is 0. The molecule has 1 N–H and O–H groups in total. The van der Waals surface area contributed by atoms with Crippen molar-refractivity contribution >= 4 is 5.78 Å². The monoisotopic (exact) mass is 158 g/mol. The second kappa shape index (κ2) is 6.35. The minimum Gasteiger partial charge on any atom is -0.389 e. The van der Waals surface area contributed by atoms with Crippen LogP contribution in [0.15, 0.2) is 0 Å². The standard InChI is InChI=1S/C9H18O2/c1-3-5-8(6-4-2)9(11)7-10/h8,10H,3-7H2,1-2H3. The fraction of sp³-hybridized carbons (Fsp3) is 0.889. The Morgan fingerprint density at radius 3 is 2.00 bits per heavy atom. The molecule has 0 unspecified atom stereocenters. The van der Waals surface area contributed by atoms with Crippen LogP contribution in [0.4, 0.5) is 0 Å². The molecule has 0 aliphatic carbocycles. The summed E-state index contributed by atoms with van der Waals surface area (Å²) in [5, 5.41) is 8.61.